The number of fused-ring (bicyclic) bond motifs is 4. The van der Waals surface area contributed by atoms with Crippen LogP contribution in [0, 0.1) is 12.7 Å². The largest absolute Gasteiger partial charge is 0.492 e. The summed E-state index contributed by atoms with van der Waals surface area (Å²) in [6.45, 7) is 2.42. The molecule has 34 heavy (non-hydrogen) atoms. The Labute approximate surface area is 193 Å². The van der Waals surface area contributed by atoms with Crippen molar-refractivity contribution in [2.24, 2.45) is 0 Å². The molecule has 0 radical (unpaired) electrons. The molecule has 6 rings (SSSR count). The van der Waals surface area contributed by atoms with Crippen molar-refractivity contribution < 1.29 is 23.8 Å². The van der Waals surface area contributed by atoms with Gasteiger partial charge in [-0.1, -0.05) is 18.2 Å². The first-order chi connectivity index (χ1) is 16.4. The molecule has 2 aromatic carbocycles. The highest BCUT2D eigenvalue weighted by atomic mass is 19.1. The number of aromatic nitrogens is 3. The Balaban J connectivity index is 1.69. The quantitative estimate of drug-likeness (QED) is 0.468. The number of benzene rings is 2. The van der Waals surface area contributed by atoms with Crippen LogP contribution in [0.4, 0.5) is 4.39 Å². The number of halogens is 1. The van der Waals surface area contributed by atoms with Crippen LogP contribution >= 0.6 is 0 Å². The molecule has 170 valence electrons. The maximum absolute atomic E-state index is 15.1. The summed E-state index contributed by atoms with van der Waals surface area (Å²) >= 11 is 0. The van der Waals surface area contributed by atoms with Crippen molar-refractivity contribution in [3.63, 3.8) is 0 Å². The summed E-state index contributed by atoms with van der Waals surface area (Å²) in [5.41, 5.74) is 4.01. The van der Waals surface area contributed by atoms with E-state index in [1.807, 2.05) is 19.1 Å². The lowest BCUT2D eigenvalue weighted by molar-refractivity contribution is -0.113. The third-order valence-corrected chi connectivity index (χ3v) is 6.65. The number of aromatic amines is 1. The molecular weight excluding hydrogens is 437 g/mol. The molecule has 0 saturated carbocycles. The Morgan fingerprint density at radius 1 is 1.32 bits per heavy atom. The molecule has 4 aromatic rings. The van der Waals surface area contributed by atoms with Crippen molar-refractivity contribution in [3.8, 4) is 5.75 Å². The Morgan fingerprint density at radius 3 is 2.97 bits per heavy atom. The minimum absolute atomic E-state index is 0.0557. The first-order valence-corrected chi connectivity index (χ1v) is 11.0. The molecule has 1 aliphatic carbocycles. The molecule has 2 aromatic heterocycles. The lowest BCUT2D eigenvalue weighted by Crippen LogP contribution is -2.14. The molecule has 0 saturated heterocycles. The summed E-state index contributed by atoms with van der Waals surface area (Å²) in [7, 11) is 0. The van der Waals surface area contributed by atoms with E-state index in [4.69, 9.17) is 4.74 Å². The number of aromatic carboxylic acids is 1. The molecule has 1 aliphatic heterocycles. The maximum Gasteiger partial charge on any atom is 0.353 e. The van der Waals surface area contributed by atoms with Crippen LogP contribution in [-0.4, -0.2) is 38.2 Å². The zero-order valence-corrected chi connectivity index (χ0v) is 18.3. The number of Topliss-reactive ketones (excluding diaryl/α,β-unsaturated/α-hetero) is 1. The van der Waals surface area contributed by atoms with Gasteiger partial charge in [-0.15, -0.1) is 0 Å². The fourth-order valence-electron chi connectivity index (χ4n) is 5.03. The number of ether oxygens (including phenoxy) is 1. The summed E-state index contributed by atoms with van der Waals surface area (Å²) < 4.78 is 22.5. The van der Waals surface area contributed by atoms with Crippen molar-refractivity contribution in [3.05, 3.63) is 76.4 Å². The molecule has 0 spiro atoms. The van der Waals surface area contributed by atoms with E-state index in [0.29, 0.717) is 40.8 Å². The summed E-state index contributed by atoms with van der Waals surface area (Å²) in [4.78, 5) is 25.5. The molecule has 7 nitrogen and oxygen atoms in total. The van der Waals surface area contributed by atoms with Gasteiger partial charge in [0, 0.05) is 41.5 Å². The second kappa shape index (κ2) is 7.41. The van der Waals surface area contributed by atoms with Crippen LogP contribution in [0.5, 0.6) is 5.75 Å². The molecule has 0 bridgehead atoms. The number of ketones is 1. The van der Waals surface area contributed by atoms with Gasteiger partial charge in [-0.25, -0.2) is 9.18 Å². The predicted molar refractivity (Wildman–Crippen MR) is 125 cm³/mol. The van der Waals surface area contributed by atoms with Gasteiger partial charge in [0.05, 0.1) is 29.2 Å². The third kappa shape index (κ3) is 2.91. The van der Waals surface area contributed by atoms with Gasteiger partial charge in [-0.05, 0) is 36.2 Å². The second-order valence-corrected chi connectivity index (χ2v) is 8.65. The van der Waals surface area contributed by atoms with Crippen molar-refractivity contribution in [2.75, 3.05) is 6.61 Å². The van der Waals surface area contributed by atoms with E-state index in [1.54, 1.807) is 29.0 Å². The number of nitrogens with one attached hydrogen (secondary N) is 1. The molecule has 0 amide bonds. The number of carbonyl (C=O) groups is 2. The van der Waals surface area contributed by atoms with Crippen molar-refractivity contribution in [2.45, 2.75) is 26.3 Å². The Morgan fingerprint density at radius 2 is 2.18 bits per heavy atom. The minimum atomic E-state index is -1.19. The number of allylic oxidation sites excluding steroid dienone is 4. The summed E-state index contributed by atoms with van der Waals surface area (Å²) in [6, 6.07) is 5.26. The molecular formula is C26H20FN3O4. The van der Waals surface area contributed by atoms with E-state index in [-0.39, 0.29) is 30.0 Å². The van der Waals surface area contributed by atoms with Crippen LogP contribution in [0.25, 0.3) is 27.4 Å². The lowest BCUT2D eigenvalue weighted by Gasteiger charge is -2.13. The monoisotopic (exact) mass is 457 g/mol. The van der Waals surface area contributed by atoms with Gasteiger partial charge in [0.2, 0.25) is 0 Å². The van der Waals surface area contributed by atoms with Crippen LogP contribution in [0.1, 0.15) is 39.2 Å². The van der Waals surface area contributed by atoms with Gasteiger partial charge >= 0.3 is 5.97 Å². The van der Waals surface area contributed by atoms with E-state index in [0.717, 1.165) is 22.0 Å². The molecule has 0 atom stereocenters. The predicted octanol–water partition coefficient (Wildman–Crippen LogP) is 4.56. The molecule has 2 aliphatic rings. The molecule has 3 heterocycles. The highest BCUT2D eigenvalue weighted by molar-refractivity contribution is 6.28. The van der Waals surface area contributed by atoms with Gasteiger partial charge in [-0.2, -0.15) is 5.10 Å². The Hall–Kier alpha value is -4.20. The van der Waals surface area contributed by atoms with E-state index >= 15 is 4.39 Å². The number of H-pyrrole nitrogens is 1. The topological polar surface area (TPSA) is 97.2 Å². The maximum atomic E-state index is 15.1. The highest BCUT2D eigenvalue weighted by Gasteiger charge is 2.33. The second-order valence-electron chi connectivity index (χ2n) is 8.65. The van der Waals surface area contributed by atoms with Gasteiger partial charge < -0.3 is 14.4 Å². The summed E-state index contributed by atoms with van der Waals surface area (Å²) in [5.74, 6) is -1.48. The average Bonchev–Trinajstić information content (AvgIpc) is 3.52. The molecule has 0 fully saturated rings. The van der Waals surface area contributed by atoms with Gasteiger partial charge in [0.1, 0.15) is 17.3 Å². The summed E-state index contributed by atoms with van der Waals surface area (Å²) in [6.07, 6.45) is 7.38. The molecule has 8 heteroatoms. The molecule has 0 unspecified atom stereocenters. The fourth-order valence-corrected chi connectivity index (χ4v) is 5.03. The zero-order valence-electron chi connectivity index (χ0n) is 18.3. The number of rotatable bonds is 4. The van der Waals surface area contributed by atoms with E-state index in [1.165, 1.54) is 6.07 Å². The van der Waals surface area contributed by atoms with Crippen LogP contribution in [-0.2, 0) is 17.8 Å². The third-order valence-electron chi connectivity index (χ3n) is 6.65. The fraction of sp³-hybridized carbons (Fsp3) is 0.192. The lowest BCUT2D eigenvalue weighted by atomic mass is 9.92. The van der Waals surface area contributed by atoms with E-state index in [9.17, 15) is 14.7 Å². The van der Waals surface area contributed by atoms with Crippen LogP contribution in [0.3, 0.4) is 0 Å². The SMILES string of the molecule is Cc1cc2[nH]ncc2cc1Cn1c(C(=O)O)c(C2=CC=CCC2=O)c2c3c(c(F)cc21)CCO3. The van der Waals surface area contributed by atoms with Gasteiger partial charge in [0.15, 0.2) is 5.78 Å². The van der Waals surface area contributed by atoms with Gasteiger partial charge in [0.25, 0.3) is 0 Å². The van der Waals surface area contributed by atoms with E-state index < -0.39 is 11.8 Å². The summed E-state index contributed by atoms with van der Waals surface area (Å²) in [5, 5.41) is 18.7. The molecule has 2 N–H and O–H groups in total. The first kappa shape index (κ1) is 20.4. The number of nitrogens with zero attached hydrogens (tertiary/aromatic N) is 2. The first-order valence-electron chi connectivity index (χ1n) is 11.0. The minimum Gasteiger partial charge on any atom is -0.492 e. The van der Waals surface area contributed by atoms with E-state index in [2.05, 4.69) is 10.2 Å². The number of aryl methyl sites for hydroxylation is 1. The smallest absolute Gasteiger partial charge is 0.353 e. The number of hydrogen-bond donors (Lipinski definition) is 2. The number of carboxylic acid groups (broad SMARTS) is 1. The number of hydrogen-bond acceptors (Lipinski definition) is 4. The van der Waals surface area contributed by atoms with Crippen molar-refractivity contribution >= 4 is 39.1 Å². The van der Waals surface area contributed by atoms with Crippen molar-refractivity contribution in [1.82, 2.24) is 14.8 Å². The normalized spacial score (nSPS) is 15.1. The Bertz CT molecular complexity index is 1610. The van der Waals surface area contributed by atoms with Crippen LogP contribution in [0.2, 0.25) is 0 Å². The van der Waals surface area contributed by atoms with Crippen LogP contribution < -0.4 is 4.74 Å². The van der Waals surface area contributed by atoms with Crippen LogP contribution in [0.15, 0.2) is 42.6 Å². The Kier molecular flexibility index (Phi) is 4.45. The standard InChI is InChI=1S/C26H20FN3O4/c1-13-8-19-14(11-28-29-19)9-15(13)12-30-20-10-18(27)16-6-7-34-25(16)23(20)22(24(30)26(32)33)17-4-2-3-5-21(17)31/h2-4,8-11H,5-7,12H2,1H3,(H,28,29)(H,32,33). The zero-order chi connectivity index (χ0) is 23.6. The number of carbonyl (C=O) groups excluding carboxylic acids is 1. The number of carboxylic acids is 1. The highest BCUT2D eigenvalue weighted by Crippen LogP contribution is 2.44. The average molecular weight is 457 g/mol. The van der Waals surface area contributed by atoms with Gasteiger partial charge in [-0.3, -0.25) is 9.89 Å². The van der Waals surface area contributed by atoms with Crippen molar-refractivity contribution in [1.29, 1.82) is 0 Å².